The second-order valence-corrected chi connectivity index (χ2v) is 5.08. The predicted molar refractivity (Wildman–Crippen MR) is 73.2 cm³/mol. The van der Waals surface area contributed by atoms with Crippen LogP contribution in [0.4, 0.5) is 0 Å². The van der Waals surface area contributed by atoms with E-state index in [0.29, 0.717) is 0 Å². The summed E-state index contributed by atoms with van der Waals surface area (Å²) >= 11 is 3.45. The van der Waals surface area contributed by atoms with E-state index in [2.05, 4.69) is 15.9 Å². The second-order valence-electron chi connectivity index (χ2n) is 4.17. The zero-order chi connectivity index (χ0) is 12.7. The molecule has 1 unspecified atom stereocenters. The van der Waals surface area contributed by atoms with E-state index in [1.807, 2.05) is 36.4 Å². The van der Waals surface area contributed by atoms with Crippen molar-refractivity contribution in [2.45, 2.75) is 6.04 Å². The van der Waals surface area contributed by atoms with E-state index in [0.717, 1.165) is 32.8 Å². The van der Waals surface area contributed by atoms with Crippen molar-refractivity contribution in [3.05, 3.63) is 52.0 Å². The number of rotatable bonds is 1. The number of ether oxygens (including phenoxy) is 2. The minimum atomic E-state index is -0.198. The molecule has 1 aliphatic rings. The summed E-state index contributed by atoms with van der Waals surface area (Å²) in [5.74, 6) is 2.38. The van der Waals surface area contributed by atoms with Gasteiger partial charge >= 0.3 is 0 Å². The van der Waals surface area contributed by atoms with Crippen LogP contribution < -0.4 is 15.2 Å². The Hall–Kier alpha value is -1.52. The summed E-state index contributed by atoms with van der Waals surface area (Å²) in [6.07, 6.45) is 0. The van der Waals surface area contributed by atoms with E-state index >= 15 is 0 Å². The van der Waals surface area contributed by atoms with Gasteiger partial charge in [-0.15, -0.1) is 0 Å². The Labute approximate surface area is 114 Å². The predicted octanol–water partition coefficient (Wildman–Crippen LogP) is 3.61. The molecule has 2 aromatic rings. The first-order chi connectivity index (χ1) is 8.69. The first kappa shape index (κ1) is 11.6. The van der Waals surface area contributed by atoms with Gasteiger partial charge in [-0.05, 0) is 36.4 Å². The fourth-order valence-corrected chi connectivity index (χ4v) is 2.51. The van der Waals surface area contributed by atoms with Gasteiger partial charge in [0.1, 0.15) is 17.2 Å². The Bertz CT molecular complexity index is 613. The van der Waals surface area contributed by atoms with Crippen molar-refractivity contribution in [1.82, 2.24) is 0 Å². The Morgan fingerprint density at radius 2 is 1.78 bits per heavy atom. The van der Waals surface area contributed by atoms with Gasteiger partial charge in [0.25, 0.3) is 0 Å². The lowest BCUT2D eigenvalue weighted by Gasteiger charge is -2.26. The first-order valence-electron chi connectivity index (χ1n) is 5.60. The van der Waals surface area contributed by atoms with E-state index < -0.39 is 0 Å². The Morgan fingerprint density at radius 1 is 1.11 bits per heavy atom. The van der Waals surface area contributed by atoms with Crippen molar-refractivity contribution >= 4 is 15.9 Å². The minimum Gasteiger partial charge on any atom is -0.497 e. The second kappa shape index (κ2) is 4.30. The Balaban J connectivity index is 2.13. The summed E-state index contributed by atoms with van der Waals surface area (Å²) in [5.41, 5.74) is 8.22. The molecule has 0 fully saturated rings. The van der Waals surface area contributed by atoms with Gasteiger partial charge in [-0.25, -0.2) is 0 Å². The van der Waals surface area contributed by atoms with Crippen LogP contribution in [0.1, 0.15) is 17.2 Å². The molecule has 2 N–H and O–H groups in total. The highest BCUT2D eigenvalue weighted by molar-refractivity contribution is 9.10. The molecule has 3 nitrogen and oxygen atoms in total. The molecule has 1 aliphatic heterocycles. The third-order valence-electron chi connectivity index (χ3n) is 3.08. The van der Waals surface area contributed by atoms with E-state index in [1.54, 1.807) is 7.11 Å². The van der Waals surface area contributed by atoms with Crippen LogP contribution in [0.15, 0.2) is 40.9 Å². The molecule has 0 aliphatic carbocycles. The van der Waals surface area contributed by atoms with E-state index in [4.69, 9.17) is 15.2 Å². The number of fused-ring (bicyclic) bond motifs is 2. The fourth-order valence-electron chi connectivity index (χ4n) is 2.13. The number of benzene rings is 2. The number of nitrogens with two attached hydrogens (primary N) is 1. The van der Waals surface area contributed by atoms with Crippen molar-refractivity contribution < 1.29 is 9.47 Å². The largest absolute Gasteiger partial charge is 0.497 e. The van der Waals surface area contributed by atoms with E-state index in [-0.39, 0.29) is 6.04 Å². The minimum absolute atomic E-state index is 0.198. The van der Waals surface area contributed by atoms with Crippen LogP contribution in [0.25, 0.3) is 0 Å². The molecule has 3 rings (SSSR count). The Morgan fingerprint density at radius 3 is 2.50 bits per heavy atom. The lowest BCUT2D eigenvalue weighted by atomic mass is 9.95. The van der Waals surface area contributed by atoms with E-state index in [9.17, 15) is 0 Å². The van der Waals surface area contributed by atoms with Gasteiger partial charge < -0.3 is 15.2 Å². The highest BCUT2D eigenvalue weighted by atomic mass is 79.9. The summed E-state index contributed by atoms with van der Waals surface area (Å²) in [6.45, 7) is 0. The molecule has 1 heterocycles. The highest BCUT2D eigenvalue weighted by Gasteiger charge is 2.24. The SMILES string of the molecule is COc1ccc2c(c1)C(N)c1cc(Br)ccc1O2. The molecular formula is C14H12BrNO2. The van der Waals surface area contributed by atoms with Crippen molar-refractivity contribution in [3.8, 4) is 17.2 Å². The first-order valence-corrected chi connectivity index (χ1v) is 6.39. The molecule has 18 heavy (non-hydrogen) atoms. The number of hydrogen-bond acceptors (Lipinski definition) is 3. The molecule has 0 radical (unpaired) electrons. The van der Waals surface area contributed by atoms with Crippen LogP contribution in [0.5, 0.6) is 17.2 Å². The zero-order valence-electron chi connectivity index (χ0n) is 9.81. The lowest BCUT2D eigenvalue weighted by molar-refractivity contribution is 0.408. The molecule has 0 amide bonds. The summed E-state index contributed by atoms with van der Waals surface area (Å²) in [6, 6.07) is 11.3. The average Bonchev–Trinajstić information content (AvgIpc) is 2.40. The monoisotopic (exact) mass is 305 g/mol. The topological polar surface area (TPSA) is 44.5 Å². The molecular weight excluding hydrogens is 294 g/mol. The summed E-state index contributed by atoms with van der Waals surface area (Å²) < 4.78 is 12.1. The third kappa shape index (κ3) is 1.78. The quantitative estimate of drug-likeness (QED) is 0.875. The maximum absolute atomic E-state index is 6.29. The lowest BCUT2D eigenvalue weighted by Crippen LogP contribution is -2.17. The average molecular weight is 306 g/mol. The standard InChI is InChI=1S/C14H12BrNO2/c1-17-9-3-5-13-11(7-9)14(16)10-6-8(15)2-4-12(10)18-13/h2-7,14H,16H2,1H3. The van der Waals surface area contributed by atoms with Gasteiger partial charge in [0.2, 0.25) is 0 Å². The molecule has 1 atom stereocenters. The van der Waals surface area contributed by atoms with Crippen LogP contribution in [0.3, 0.4) is 0 Å². The molecule has 4 heteroatoms. The normalized spacial score (nSPS) is 16.5. The van der Waals surface area contributed by atoms with Crippen molar-refractivity contribution in [2.24, 2.45) is 5.73 Å². The maximum atomic E-state index is 6.29. The van der Waals surface area contributed by atoms with Crippen molar-refractivity contribution in [2.75, 3.05) is 7.11 Å². The third-order valence-corrected chi connectivity index (χ3v) is 3.57. The van der Waals surface area contributed by atoms with Crippen molar-refractivity contribution in [3.63, 3.8) is 0 Å². The van der Waals surface area contributed by atoms with Crippen LogP contribution in [0, 0.1) is 0 Å². The molecule has 0 aromatic heterocycles. The van der Waals surface area contributed by atoms with Gasteiger partial charge in [-0.3, -0.25) is 0 Å². The zero-order valence-corrected chi connectivity index (χ0v) is 11.4. The summed E-state index contributed by atoms with van der Waals surface area (Å²) in [7, 11) is 1.64. The molecule has 0 bridgehead atoms. The highest BCUT2D eigenvalue weighted by Crippen LogP contribution is 2.43. The van der Waals surface area contributed by atoms with Crippen molar-refractivity contribution in [1.29, 1.82) is 0 Å². The van der Waals surface area contributed by atoms with E-state index in [1.165, 1.54) is 0 Å². The van der Waals surface area contributed by atoms with Crippen LogP contribution in [-0.2, 0) is 0 Å². The number of hydrogen-bond donors (Lipinski definition) is 1. The molecule has 0 spiro atoms. The van der Waals surface area contributed by atoms with Gasteiger partial charge in [-0.2, -0.15) is 0 Å². The number of methoxy groups -OCH3 is 1. The molecule has 2 aromatic carbocycles. The smallest absolute Gasteiger partial charge is 0.132 e. The van der Waals surface area contributed by atoms with Crippen LogP contribution in [0.2, 0.25) is 0 Å². The molecule has 92 valence electrons. The van der Waals surface area contributed by atoms with Gasteiger partial charge in [0, 0.05) is 15.6 Å². The maximum Gasteiger partial charge on any atom is 0.132 e. The molecule has 0 saturated heterocycles. The van der Waals surface area contributed by atoms with Gasteiger partial charge in [0.15, 0.2) is 0 Å². The fraction of sp³-hybridized carbons (Fsp3) is 0.143. The number of halogens is 1. The Kier molecular flexibility index (Phi) is 2.76. The summed E-state index contributed by atoms with van der Waals surface area (Å²) in [4.78, 5) is 0. The van der Waals surface area contributed by atoms with Gasteiger partial charge in [-0.1, -0.05) is 15.9 Å². The molecule has 0 saturated carbocycles. The van der Waals surface area contributed by atoms with Crippen LogP contribution >= 0.6 is 15.9 Å². The van der Waals surface area contributed by atoms with Gasteiger partial charge in [0.05, 0.1) is 13.2 Å². The summed E-state index contributed by atoms with van der Waals surface area (Å²) in [5, 5.41) is 0. The van der Waals surface area contributed by atoms with Crippen LogP contribution in [-0.4, -0.2) is 7.11 Å².